The van der Waals surface area contributed by atoms with Crippen molar-refractivity contribution in [2.24, 2.45) is 23.7 Å². The highest BCUT2D eigenvalue weighted by atomic mass is 32.1. The van der Waals surface area contributed by atoms with Crippen molar-refractivity contribution in [2.75, 3.05) is 6.54 Å². The van der Waals surface area contributed by atoms with E-state index in [-0.39, 0.29) is 54.4 Å². The first-order chi connectivity index (χ1) is 11.6. The van der Waals surface area contributed by atoms with Crippen LogP contribution in [0.5, 0.6) is 0 Å². The molecule has 1 saturated carbocycles. The van der Waals surface area contributed by atoms with Crippen molar-refractivity contribution < 1.29 is 14.4 Å². The SMILES string of the molecule is O=C(CCN1C(=O)C2C3C=CC(CC3)C2C1=O)NCc1cccs1. The van der Waals surface area contributed by atoms with Crippen LogP contribution in [0.25, 0.3) is 0 Å². The fourth-order valence-electron chi connectivity index (χ4n) is 4.26. The lowest BCUT2D eigenvalue weighted by Crippen LogP contribution is -2.38. The third kappa shape index (κ3) is 2.59. The number of thiophene rings is 1. The quantitative estimate of drug-likeness (QED) is 0.656. The maximum absolute atomic E-state index is 12.6. The number of allylic oxidation sites excluding steroid dienone is 2. The van der Waals surface area contributed by atoms with E-state index in [0.717, 1.165) is 17.7 Å². The summed E-state index contributed by atoms with van der Waals surface area (Å²) in [6, 6.07) is 3.91. The van der Waals surface area contributed by atoms with Crippen LogP contribution >= 0.6 is 11.3 Å². The lowest BCUT2D eigenvalue weighted by molar-refractivity contribution is -0.140. The number of nitrogens with zero attached hydrogens (tertiary/aromatic N) is 1. The van der Waals surface area contributed by atoms with Gasteiger partial charge < -0.3 is 5.32 Å². The molecule has 2 heterocycles. The Morgan fingerprint density at radius 2 is 1.83 bits per heavy atom. The van der Waals surface area contributed by atoms with E-state index in [4.69, 9.17) is 0 Å². The predicted octanol–water partition coefficient (Wildman–Crippen LogP) is 1.95. The van der Waals surface area contributed by atoms with Crippen LogP contribution in [0, 0.1) is 23.7 Å². The Hall–Kier alpha value is -1.95. The van der Waals surface area contributed by atoms with Crippen LogP contribution in [0.1, 0.15) is 24.1 Å². The molecular formula is C18H20N2O3S. The minimum Gasteiger partial charge on any atom is -0.351 e. The second-order valence-electron chi connectivity index (χ2n) is 6.78. The third-order valence-electron chi connectivity index (χ3n) is 5.45. The number of hydrogen-bond acceptors (Lipinski definition) is 4. The van der Waals surface area contributed by atoms with Crippen molar-refractivity contribution in [3.05, 3.63) is 34.5 Å². The molecule has 1 saturated heterocycles. The highest BCUT2D eigenvalue weighted by Gasteiger charge is 2.56. The molecule has 0 spiro atoms. The van der Waals surface area contributed by atoms with E-state index in [1.807, 2.05) is 17.5 Å². The highest BCUT2D eigenvalue weighted by Crippen LogP contribution is 2.49. The summed E-state index contributed by atoms with van der Waals surface area (Å²) >= 11 is 1.59. The number of rotatable bonds is 5. The molecule has 126 valence electrons. The molecule has 0 radical (unpaired) electrons. The molecule has 4 unspecified atom stereocenters. The van der Waals surface area contributed by atoms with Crippen LogP contribution in [0.15, 0.2) is 29.7 Å². The van der Waals surface area contributed by atoms with Crippen LogP contribution in [-0.4, -0.2) is 29.2 Å². The fraction of sp³-hybridized carbons (Fsp3) is 0.500. The predicted molar refractivity (Wildman–Crippen MR) is 89.8 cm³/mol. The zero-order chi connectivity index (χ0) is 16.7. The first-order valence-electron chi connectivity index (χ1n) is 8.48. The zero-order valence-electron chi connectivity index (χ0n) is 13.3. The summed E-state index contributed by atoms with van der Waals surface area (Å²) in [5.74, 6) is -0.237. The first kappa shape index (κ1) is 15.6. The van der Waals surface area contributed by atoms with Crippen molar-refractivity contribution in [1.29, 1.82) is 0 Å². The second-order valence-corrected chi connectivity index (χ2v) is 7.81. The number of fused-ring (bicyclic) bond motifs is 1. The summed E-state index contributed by atoms with van der Waals surface area (Å²) in [6.07, 6.45) is 6.38. The molecule has 0 aromatic carbocycles. The van der Waals surface area contributed by atoms with E-state index in [9.17, 15) is 14.4 Å². The molecular weight excluding hydrogens is 324 g/mol. The third-order valence-corrected chi connectivity index (χ3v) is 6.33. The van der Waals surface area contributed by atoms with Crippen LogP contribution in [0.3, 0.4) is 0 Å². The number of carbonyl (C=O) groups excluding carboxylic acids is 3. The van der Waals surface area contributed by atoms with Gasteiger partial charge in [-0.3, -0.25) is 19.3 Å². The molecule has 1 aromatic rings. The Morgan fingerprint density at radius 3 is 2.38 bits per heavy atom. The summed E-state index contributed by atoms with van der Waals surface area (Å²) < 4.78 is 0. The maximum Gasteiger partial charge on any atom is 0.233 e. The van der Waals surface area contributed by atoms with Crippen molar-refractivity contribution in [3.63, 3.8) is 0 Å². The minimum atomic E-state index is -0.185. The van der Waals surface area contributed by atoms with Crippen molar-refractivity contribution in [2.45, 2.75) is 25.8 Å². The number of hydrogen-bond donors (Lipinski definition) is 1. The van der Waals surface area contributed by atoms with E-state index < -0.39 is 0 Å². The van der Waals surface area contributed by atoms with Gasteiger partial charge in [0.2, 0.25) is 17.7 Å². The second kappa shape index (κ2) is 6.16. The van der Waals surface area contributed by atoms with Gasteiger partial charge in [-0.15, -0.1) is 11.3 Å². The van der Waals surface area contributed by atoms with E-state index in [1.54, 1.807) is 11.3 Å². The molecule has 4 aliphatic rings. The molecule has 6 heteroatoms. The number of amides is 3. The Kier molecular flexibility index (Phi) is 4.00. The van der Waals surface area contributed by atoms with Crippen molar-refractivity contribution in [1.82, 2.24) is 10.2 Å². The van der Waals surface area contributed by atoms with Crippen LogP contribution in [-0.2, 0) is 20.9 Å². The van der Waals surface area contributed by atoms with E-state index >= 15 is 0 Å². The van der Waals surface area contributed by atoms with Gasteiger partial charge in [-0.25, -0.2) is 0 Å². The Labute approximate surface area is 144 Å². The number of imide groups is 1. The van der Waals surface area contributed by atoms with Crippen molar-refractivity contribution in [3.8, 4) is 0 Å². The molecule has 4 atom stereocenters. The molecule has 2 fully saturated rings. The monoisotopic (exact) mass is 344 g/mol. The van der Waals surface area contributed by atoms with Gasteiger partial charge in [-0.05, 0) is 36.1 Å². The number of likely N-dealkylation sites (tertiary alicyclic amines) is 1. The smallest absolute Gasteiger partial charge is 0.233 e. The number of carbonyl (C=O) groups is 3. The van der Waals surface area contributed by atoms with Crippen LogP contribution in [0.4, 0.5) is 0 Å². The largest absolute Gasteiger partial charge is 0.351 e. The normalized spacial score (nSPS) is 30.8. The molecule has 1 aromatic heterocycles. The molecule has 2 bridgehead atoms. The van der Waals surface area contributed by atoms with Gasteiger partial charge in [-0.1, -0.05) is 18.2 Å². The lowest BCUT2D eigenvalue weighted by atomic mass is 9.63. The van der Waals surface area contributed by atoms with Gasteiger partial charge in [-0.2, -0.15) is 0 Å². The lowest BCUT2D eigenvalue weighted by Gasteiger charge is -2.38. The summed E-state index contributed by atoms with van der Waals surface area (Å²) in [5, 5.41) is 4.81. The van der Waals surface area contributed by atoms with Gasteiger partial charge in [0.05, 0.1) is 18.4 Å². The average molecular weight is 344 g/mol. The minimum absolute atomic E-state index is 0.0740. The summed E-state index contributed by atoms with van der Waals surface area (Å²) in [4.78, 5) is 39.7. The van der Waals surface area contributed by atoms with Gasteiger partial charge in [0, 0.05) is 17.8 Å². The van der Waals surface area contributed by atoms with E-state index in [1.165, 1.54) is 4.90 Å². The Bertz CT molecular complexity index is 665. The standard InChI is InChI=1S/C18H20N2O3S/c21-14(19-10-13-2-1-9-24-13)7-8-20-17(22)15-11-3-4-12(6-5-11)16(15)18(20)23/h1-4,9,11-12,15-16H,5-8,10H2,(H,19,21). The van der Waals surface area contributed by atoms with E-state index in [2.05, 4.69) is 17.5 Å². The first-order valence-corrected chi connectivity index (χ1v) is 9.36. The average Bonchev–Trinajstić information content (AvgIpc) is 3.21. The molecule has 1 N–H and O–H groups in total. The number of nitrogens with one attached hydrogen (secondary N) is 1. The molecule has 24 heavy (non-hydrogen) atoms. The van der Waals surface area contributed by atoms with Gasteiger partial charge in [0.1, 0.15) is 0 Å². The van der Waals surface area contributed by atoms with Gasteiger partial charge >= 0.3 is 0 Å². The molecule has 5 rings (SSSR count). The Morgan fingerprint density at radius 1 is 1.17 bits per heavy atom. The summed E-state index contributed by atoms with van der Waals surface area (Å²) in [5.41, 5.74) is 0. The van der Waals surface area contributed by atoms with Gasteiger partial charge in [0.15, 0.2) is 0 Å². The van der Waals surface area contributed by atoms with Crippen molar-refractivity contribution >= 4 is 29.1 Å². The topological polar surface area (TPSA) is 66.5 Å². The van der Waals surface area contributed by atoms with E-state index in [0.29, 0.717) is 6.54 Å². The van der Waals surface area contributed by atoms with Crippen LogP contribution in [0.2, 0.25) is 0 Å². The molecule has 3 amide bonds. The Balaban J connectivity index is 1.35. The molecule has 3 aliphatic carbocycles. The zero-order valence-corrected chi connectivity index (χ0v) is 14.1. The summed E-state index contributed by atoms with van der Waals surface area (Å²) in [6.45, 7) is 0.693. The van der Waals surface area contributed by atoms with Gasteiger partial charge in [0.25, 0.3) is 0 Å². The molecule has 5 nitrogen and oxygen atoms in total. The summed E-state index contributed by atoms with van der Waals surface area (Å²) in [7, 11) is 0. The molecule has 1 aliphatic heterocycles. The van der Waals surface area contributed by atoms with Crippen LogP contribution < -0.4 is 5.32 Å². The fourth-order valence-corrected chi connectivity index (χ4v) is 4.90. The highest BCUT2D eigenvalue weighted by molar-refractivity contribution is 7.09. The maximum atomic E-state index is 12.6.